The lowest BCUT2D eigenvalue weighted by Gasteiger charge is -2.40. The highest BCUT2D eigenvalue weighted by atomic mass is 19.3. The Bertz CT molecular complexity index is 202. The minimum atomic E-state index is -3.16. The zero-order valence-electron chi connectivity index (χ0n) is 8.99. The normalized spacial score (nSPS) is 31.8. The van der Waals surface area contributed by atoms with Gasteiger partial charge in [-0.3, -0.25) is 4.90 Å². The third-order valence-electron chi connectivity index (χ3n) is 2.95. The van der Waals surface area contributed by atoms with Gasteiger partial charge in [-0.25, -0.2) is 8.78 Å². The minimum absolute atomic E-state index is 0.00347. The molecule has 3 nitrogen and oxygen atoms in total. The topological polar surface area (TPSA) is 43.7 Å². The molecule has 0 aromatic carbocycles. The van der Waals surface area contributed by atoms with E-state index in [9.17, 15) is 13.9 Å². The summed E-state index contributed by atoms with van der Waals surface area (Å²) in [6, 6.07) is 0. The number of nitrogens with zero attached hydrogens (tertiary/aromatic N) is 1. The number of β-amino-alcohol motifs (C(OH)–C–C–N with tert-alkyl or cyclic N) is 1. The summed E-state index contributed by atoms with van der Waals surface area (Å²) in [7, 11) is 0. The largest absolute Gasteiger partial charge is 0.396 e. The molecule has 15 heavy (non-hydrogen) atoms. The van der Waals surface area contributed by atoms with E-state index in [1.54, 1.807) is 4.90 Å². The highest BCUT2D eigenvalue weighted by molar-refractivity contribution is 4.92. The predicted molar refractivity (Wildman–Crippen MR) is 52.9 cm³/mol. The zero-order valence-corrected chi connectivity index (χ0v) is 8.99. The quantitative estimate of drug-likeness (QED) is 0.737. The van der Waals surface area contributed by atoms with Gasteiger partial charge < -0.3 is 10.2 Å². The number of alkyl halides is 2. The molecule has 0 saturated carbocycles. The van der Waals surface area contributed by atoms with Gasteiger partial charge in [-0.15, -0.1) is 0 Å². The van der Waals surface area contributed by atoms with Crippen LogP contribution in [0.3, 0.4) is 0 Å². The Labute approximate surface area is 88.7 Å². The molecule has 0 aliphatic carbocycles. The van der Waals surface area contributed by atoms with Gasteiger partial charge in [-0.2, -0.15) is 0 Å². The molecule has 0 amide bonds. The second kappa shape index (κ2) is 5.18. The van der Waals surface area contributed by atoms with Crippen molar-refractivity contribution < 1.29 is 19.0 Å². The van der Waals surface area contributed by atoms with Gasteiger partial charge in [0.2, 0.25) is 0 Å². The smallest absolute Gasteiger partial charge is 0.280 e. The molecule has 0 spiro atoms. The van der Waals surface area contributed by atoms with Crippen molar-refractivity contribution in [3.63, 3.8) is 0 Å². The Morgan fingerprint density at radius 2 is 2.07 bits per heavy atom. The van der Waals surface area contributed by atoms with Crippen molar-refractivity contribution in [3.8, 4) is 0 Å². The summed E-state index contributed by atoms with van der Waals surface area (Å²) in [5, 5.41) is 18.2. The van der Waals surface area contributed by atoms with Crippen molar-refractivity contribution in [2.24, 2.45) is 5.92 Å². The molecule has 1 fully saturated rings. The molecule has 1 heterocycles. The molecule has 1 aliphatic rings. The van der Waals surface area contributed by atoms with E-state index in [2.05, 4.69) is 0 Å². The van der Waals surface area contributed by atoms with Gasteiger partial charge in [-0.1, -0.05) is 13.3 Å². The van der Waals surface area contributed by atoms with Crippen LogP contribution in [0.15, 0.2) is 0 Å². The Hall–Kier alpha value is -0.260. The molecule has 2 N–H and O–H groups in total. The molecule has 2 atom stereocenters. The van der Waals surface area contributed by atoms with Crippen molar-refractivity contribution in [2.45, 2.75) is 31.8 Å². The minimum Gasteiger partial charge on any atom is -0.396 e. The molecule has 0 unspecified atom stereocenters. The van der Waals surface area contributed by atoms with Gasteiger partial charge >= 0.3 is 0 Å². The van der Waals surface area contributed by atoms with E-state index in [4.69, 9.17) is 5.11 Å². The Morgan fingerprint density at radius 3 is 2.60 bits per heavy atom. The Kier molecular flexibility index (Phi) is 4.43. The SMILES string of the molecule is CCCCN1C[C@H](CO)C(F)(F)[C@@H](O)C1. The molecule has 1 saturated heterocycles. The van der Waals surface area contributed by atoms with Gasteiger partial charge in [-0.05, 0) is 13.0 Å². The second-order valence-electron chi connectivity index (χ2n) is 4.18. The Balaban J connectivity index is 2.56. The molecule has 0 aromatic heterocycles. The summed E-state index contributed by atoms with van der Waals surface area (Å²) in [4.78, 5) is 1.80. The van der Waals surface area contributed by atoms with Crippen LogP contribution in [0.25, 0.3) is 0 Å². The van der Waals surface area contributed by atoms with Crippen molar-refractivity contribution in [1.82, 2.24) is 4.90 Å². The van der Waals surface area contributed by atoms with Crippen LogP contribution in [0.4, 0.5) is 8.78 Å². The lowest BCUT2D eigenvalue weighted by Crippen LogP contribution is -2.57. The number of rotatable bonds is 4. The molecule has 0 bridgehead atoms. The van der Waals surface area contributed by atoms with E-state index in [1.165, 1.54) is 0 Å². The first-order valence-corrected chi connectivity index (χ1v) is 5.41. The summed E-state index contributed by atoms with van der Waals surface area (Å²) in [5.74, 6) is -4.30. The first-order valence-electron chi connectivity index (χ1n) is 5.41. The van der Waals surface area contributed by atoms with E-state index in [-0.39, 0.29) is 13.1 Å². The van der Waals surface area contributed by atoms with Crippen LogP contribution in [0.5, 0.6) is 0 Å². The van der Waals surface area contributed by atoms with Gasteiger partial charge in [0.25, 0.3) is 5.92 Å². The number of piperidine rings is 1. The van der Waals surface area contributed by atoms with E-state index < -0.39 is 24.6 Å². The number of hydrogen-bond acceptors (Lipinski definition) is 3. The third-order valence-corrected chi connectivity index (χ3v) is 2.95. The van der Waals surface area contributed by atoms with Crippen molar-refractivity contribution in [1.29, 1.82) is 0 Å². The summed E-state index contributed by atoms with van der Waals surface area (Å²) in [6.07, 6.45) is 0.267. The molecular weight excluding hydrogens is 204 g/mol. The average Bonchev–Trinajstić information content (AvgIpc) is 2.19. The number of halogens is 2. The number of unbranched alkanes of at least 4 members (excludes halogenated alkanes) is 1. The summed E-state index contributed by atoms with van der Waals surface area (Å²) in [5.41, 5.74) is 0. The van der Waals surface area contributed by atoms with Gasteiger partial charge in [0.15, 0.2) is 0 Å². The van der Waals surface area contributed by atoms with Crippen LogP contribution in [0.2, 0.25) is 0 Å². The molecule has 1 rings (SSSR count). The van der Waals surface area contributed by atoms with Crippen molar-refractivity contribution in [3.05, 3.63) is 0 Å². The summed E-state index contributed by atoms with van der Waals surface area (Å²) in [6.45, 7) is 2.33. The molecule has 5 heteroatoms. The average molecular weight is 223 g/mol. The maximum atomic E-state index is 13.3. The van der Waals surface area contributed by atoms with Crippen molar-refractivity contribution in [2.75, 3.05) is 26.2 Å². The standard InChI is InChI=1S/C10H19F2NO2/c1-2-3-4-13-5-8(7-14)10(11,12)9(15)6-13/h8-9,14-15H,2-7H2,1H3/t8-,9+/m1/s1. The van der Waals surface area contributed by atoms with Gasteiger partial charge in [0, 0.05) is 13.1 Å². The number of aliphatic hydroxyl groups is 2. The molecule has 0 aromatic rings. The van der Waals surface area contributed by atoms with Crippen molar-refractivity contribution >= 4 is 0 Å². The highest BCUT2D eigenvalue weighted by Crippen LogP contribution is 2.33. The highest BCUT2D eigenvalue weighted by Gasteiger charge is 2.50. The van der Waals surface area contributed by atoms with Crippen LogP contribution >= 0.6 is 0 Å². The second-order valence-corrected chi connectivity index (χ2v) is 4.18. The first kappa shape index (κ1) is 12.8. The molecule has 90 valence electrons. The Morgan fingerprint density at radius 1 is 1.40 bits per heavy atom. The van der Waals surface area contributed by atoms with E-state index >= 15 is 0 Å². The summed E-state index contributed by atoms with van der Waals surface area (Å²) < 4.78 is 26.6. The number of likely N-dealkylation sites (tertiary alicyclic amines) is 1. The van der Waals surface area contributed by atoms with Crippen LogP contribution in [-0.4, -0.2) is 53.4 Å². The van der Waals surface area contributed by atoms with E-state index in [0.29, 0.717) is 6.54 Å². The fourth-order valence-corrected chi connectivity index (χ4v) is 1.89. The zero-order chi connectivity index (χ0) is 11.5. The van der Waals surface area contributed by atoms with Gasteiger partial charge in [0.05, 0.1) is 12.5 Å². The molecule has 0 radical (unpaired) electrons. The lowest BCUT2D eigenvalue weighted by atomic mass is 9.92. The fraction of sp³-hybridized carbons (Fsp3) is 1.00. The van der Waals surface area contributed by atoms with Crippen LogP contribution in [0.1, 0.15) is 19.8 Å². The van der Waals surface area contributed by atoms with Gasteiger partial charge in [0.1, 0.15) is 6.10 Å². The van der Waals surface area contributed by atoms with Crippen LogP contribution < -0.4 is 0 Å². The lowest BCUT2D eigenvalue weighted by molar-refractivity contribution is -0.192. The number of aliphatic hydroxyl groups excluding tert-OH is 2. The van der Waals surface area contributed by atoms with E-state index in [0.717, 1.165) is 12.8 Å². The van der Waals surface area contributed by atoms with E-state index in [1.807, 2.05) is 6.92 Å². The fourth-order valence-electron chi connectivity index (χ4n) is 1.89. The summed E-state index contributed by atoms with van der Waals surface area (Å²) >= 11 is 0. The third kappa shape index (κ3) is 2.86. The monoisotopic (exact) mass is 223 g/mol. The van der Waals surface area contributed by atoms with Crippen LogP contribution in [-0.2, 0) is 0 Å². The predicted octanol–water partition coefficient (Wildman–Crippen LogP) is 0.707. The maximum Gasteiger partial charge on any atom is 0.280 e. The first-order chi connectivity index (χ1) is 7.02. The van der Waals surface area contributed by atoms with Crippen LogP contribution in [0, 0.1) is 5.92 Å². The molecule has 1 aliphatic heterocycles. The number of hydrogen-bond donors (Lipinski definition) is 2. The maximum absolute atomic E-state index is 13.3. The molecular formula is C10H19F2NO2.